The van der Waals surface area contributed by atoms with Crippen molar-refractivity contribution in [3.8, 4) is 0 Å². The number of hydrogen-bond donors (Lipinski definition) is 1. The van der Waals surface area contributed by atoms with Gasteiger partial charge < -0.3 is 10.2 Å². The number of aliphatic imine (C=N–C) groups is 1. The van der Waals surface area contributed by atoms with Crippen molar-refractivity contribution < 1.29 is 0 Å². The molecule has 2 heterocycles. The molecule has 0 aromatic carbocycles. The highest BCUT2D eigenvalue weighted by Crippen LogP contribution is 2.28. The van der Waals surface area contributed by atoms with Gasteiger partial charge in [0.15, 0.2) is 5.96 Å². The van der Waals surface area contributed by atoms with Gasteiger partial charge in [0.1, 0.15) is 0 Å². The lowest BCUT2D eigenvalue weighted by molar-refractivity contribution is 0.370. The summed E-state index contributed by atoms with van der Waals surface area (Å²) in [6.07, 6.45) is 1.24. The third-order valence-corrected chi connectivity index (χ3v) is 4.89. The van der Waals surface area contributed by atoms with Gasteiger partial charge in [0.05, 0.1) is 0 Å². The van der Waals surface area contributed by atoms with Gasteiger partial charge in [-0.15, -0.1) is 35.3 Å². The molecule has 1 N–H and O–H groups in total. The molecule has 5 heteroatoms. The summed E-state index contributed by atoms with van der Waals surface area (Å²) in [7, 11) is 1.88. The van der Waals surface area contributed by atoms with Gasteiger partial charge in [0.25, 0.3) is 0 Å². The molecule has 1 saturated heterocycles. The Morgan fingerprint density at radius 1 is 1.55 bits per heavy atom. The van der Waals surface area contributed by atoms with Crippen LogP contribution in [0.25, 0.3) is 0 Å². The summed E-state index contributed by atoms with van der Waals surface area (Å²) in [5, 5.41) is 5.66. The number of guanidine groups is 1. The molecule has 3 nitrogen and oxygen atoms in total. The number of nitrogens with one attached hydrogen (secondary N) is 1. The fraction of sp³-hybridized carbons (Fsp3) is 0.667. The van der Waals surface area contributed by atoms with Crippen LogP contribution in [0.1, 0.15) is 38.0 Å². The fourth-order valence-corrected chi connectivity index (χ4v) is 3.33. The van der Waals surface area contributed by atoms with Crippen LogP contribution < -0.4 is 5.32 Å². The van der Waals surface area contributed by atoms with E-state index in [1.807, 2.05) is 18.4 Å². The van der Waals surface area contributed by atoms with Crippen LogP contribution in [-0.4, -0.2) is 37.5 Å². The molecule has 0 bridgehead atoms. The highest BCUT2D eigenvalue weighted by molar-refractivity contribution is 14.0. The lowest BCUT2D eigenvalue weighted by atomic mass is 9.93. The maximum atomic E-state index is 4.42. The molecule has 0 radical (unpaired) electrons. The summed E-state index contributed by atoms with van der Waals surface area (Å²) < 4.78 is 0. The second-order valence-corrected chi connectivity index (χ2v) is 7.16. The molecular weight excluding hydrogens is 381 g/mol. The summed E-state index contributed by atoms with van der Waals surface area (Å²) in [6.45, 7) is 10.1. The summed E-state index contributed by atoms with van der Waals surface area (Å²) in [4.78, 5) is 8.23. The number of hydrogen-bond acceptors (Lipinski definition) is 2. The molecule has 1 aliphatic heterocycles. The molecule has 0 saturated carbocycles. The molecule has 0 spiro atoms. The smallest absolute Gasteiger partial charge is 0.193 e. The van der Waals surface area contributed by atoms with Gasteiger partial charge in [-0.25, -0.2) is 0 Å². The molecule has 1 aliphatic rings. The maximum absolute atomic E-state index is 4.42. The number of nitrogens with zero attached hydrogens (tertiary/aromatic N) is 2. The van der Waals surface area contributed by atoms with Crippen molar-refractivity contribution in [3.63, 3.8) is 0 Å². The van der Waals surface area contributed by atoms with E-state index >= 15 is 0 Å². The van der Waals surface area contributed by atoms with Crippen molar-refractivity contribution in [2.75, 3.05) is 26.7 Å². The van der Waals surface area contributed by atoms with E-state index < -0.39 is 0 Å². The van der Waals surface area contributed by atoms with E-state index in [1.54, 1.807) is 0 Å². The van der Waals surface area contributed by atoms with Gasteiger partial charge in [-0.1, -0.05) is 26.8 Å². The zero-order chi connectivity index (χ0) is 13.9. The summed E-state index contributed by atoms with van der Waals surface area (Å²) in [5.41, 5.74) is 0.414. The molecule has 0 aliphatic carbocycles. The van der Waals surface area contributed by atoms with E-state index in [1.165, 1.54) is 11.3 Å². The summed E-state index contributed by atoms with van der Waals surface area (Å²) in [6, 6.07) is 4.33. The summed E-state index contributed by atoms with van der Waals surface area (Å²) >= 11 is 1.83. The lowest BCUT2D eigenvalue weighted by Gasteiger charge is -2.24. The van der Waals surface area contributed by atoms with Crippen molar-refractivity contribution in [1.82, 2.24) is 10.2 Å². The van der Waals surface area contributed by atoms with Crippen LogP contribution >= 0.6 is 35.3 Å². The number of likely N-dealkylation sites (tertiary alicyclic amines) is 1. The number of rotatable bonds is 3. The fourth-order valence-electron chi connectivity index (χ4n) is 2.54. The van der Waals surface area contributed by atoms with Crippen LogP contribution in [0.5, 0.6) is 0 Å². The van der Waals surface area contributed by atoms with Crippen LogP contribution in [0.4, 0.5) is 0 Å². The van der Waals surface area contributed by atoms with Crippen molar-refractivity contribution >= 4 is 41.3 Å². The molecule has 1 aromatic rings. The van der Waals surface area contributed by atoms with Crippen LogP contribution in [-0.2, 0) is 0 Å². The van der Waals surface area contributed by atoms with Crippen molar-refractivity contribution in [2.45, 2.75) is 33.1 Å². The van der Waals surface area contributed by atoms with E-state index in [9.17, 15) is 0 Å². The lowest BCUT2D eigenvalue weighted by Crippen LogP contribution is -2.42. The zero-order valence-electron chi connectivity index (χ0n) is 12.8. The normalized spacial score (nSPS) is 19.6. The molecular formula is C15H26IN3S. The molecule has 1 aromatic heterocycles. The van der Waals surface area contributed by atoms with Gasteiger partial charge in [0.2, 0.25) is 0 Å². The molecule has 1 atom stereocenters. The van der Waals surface area contributed by atoms with E-state index in [0.29, 0.717) is 11.3 Å². The summed E-state index contributed by atoms with van der Waals surface area (Å²) in [5.74, 6) is 1.58. The van der Waals surface area contributed by atoms with E-state index in [2.05, 4.69) is 53.5 Å². The Balaban J connectivity index is 0.00000200. The third kappa shape index (κ3) is 4.62. The van der Waals surface area contributed by atoms with E-state index in [-0.39, 0.29) is 24.0 Å². The minimum absolute atomic E-state index is 0. The number of halogens is 1. The topological polar surface area (TPSA) is 27.6 Å². The van der Waals surface area contributed by atoms with Crippen molar-refractivity contribution in [1.29, 1.82) is 0 Å². The average Bonchev–Trinajstić information content (AvgIpc) is 2.99. The molecule has 114 valence electrons. The van der Waals surface area contributed by atoms with Gasteiger partial charge in [-0.3, -0.25) is 4.99 Å². The standard InChI is InChI=1S/C15H25N3S.HI/c1-12(13-6-5-9-19-13)10-17-14(16-4)18-8-7-15(2,3)11-18;/h5-6,9,12H,7-8,10-11H2,1-4H3,(H,16,17);1H. The Morgan fingerprint density at radius 3 is 2.80 bits per heavy atom. The first-order valence-corrected chi connectivity index (χ1v) is 7.89. The first kappa shape index (κ1) is 17.8. The third-order valence-electron chi connectivity index (χ3n) is 3.78. The predicted octanol–water partition coefficient (Wildman–Crippen LogP) is 3.78. The Labute approximate surface area is 143 Å². The Morgan fingerprint density at radius 2 is 2.30 bits per heavy atom. The van der Waals surface area contributed by atoms with Gasteiger partial charge in [-0.2, -0.15) is 0 Å². The van der Waals surface area contributed by atoms with E-state index in [0.717, 1.165) is 25.6 Å². The maximum Gasteiger partial charge on any atom is 0.193 e. The van der Waals surface area contributed by atoms with Crippen LogP contribution in [0, 0.1) is 5.41 Å². The Hall–Kier alpha value is -0.300. The highest BCUT2D eigenvalue weighted by atomic mass is 127. The quantitative estimate of drug-likeness (QED) is 0.469. The van der Waals surface area contributed by atoms with E-state index in [4.69, 9.17) is 0 Å². The zero-order valence-corrected chi connectivity index (χ0v) is 16.0. The molecule has 1 unspecified atom stereocenters. The second kappa shape index (κ2) is 7.64. The SMILES string of the molecule is CN=C(NCC(C)c1cccs1)N1CCC(C)(C)C1.I. The Kier molecular flexibility index (Phi) is 6.78. The average molecular weight is 407 g/mol. The van der Waals surface area contributed by atoms with Gasteiger partial charge >= 0.3 is 0 Å². The highest BCUT2D eigenvalue weighted by Gasteiger charge is 2.30. The van der Waals surface area contributed by atoms with Crippen LogP contribution in [0.2, 0.25) is 0 Å². The minimum atomic E-state index is 0. The first-order valence-electron chi connectivity index (χ1n) is 7.01. The predicted molar refractivity (Wildman–Crippen MR) is 99.5 cm³/mol. The molecule has 1 fully saturated rings. The first-order chi connectivity index (χ1) is 9.02. The Bertz CT molecular complexity index is 428. The van der Waals surface area contributed by atoms with Crippen LogP contribution in [0.3, 0.4) is 0 Å². The van der Waals surface area contributed by atoms with Crippen molar-refractivity contribution in [2.24, 2.45) is 10.4 Å². The minimum Gasteiger partial charge on any atom is -0.356 e. The van der Waals surface area contributed by atoms with Crippen molar-refractivity contribution in [3.05, 3.63) is 22.4 Å². The van der Waals surface area contributed by atoms with Crippen LogP contribution in [0.15, 0.2) is 22.5 Å². The number of thiophene rings is 1. The second-order valence-electron chi connectivity index (χ2n) is 6.18. The molecule has 20 heavy (non-hydrogen) atoms. The molecule has 2 rings (SSSR count). The van der Waals surface area contributed by atoms with Gasteiger partial charge in [0, 0.05) is 37.5 Å². The van der Waals surface area contributed by atoms with Gasteiger partial charge in [-0.05, 0) is 23.3 Å². The monoisotopic (exact) mass is 407 g/mol. The molecule has 0 amide bonds. The largest absolute Gasteiger partial charge is 0.356 e.